The molecule has 0 bridgehead atoms. The number of alkyl halides is 2. The number of halogens is 2. The molecule has 0 aliphatic rings. The summed E-state index contributed by atoms with van der Waals surface area (Å²) in [6, 6.07) is -0.235. The summed E-state index contributed by atoms with van der Waals surface area (Å²) in [6.07, 6.45) is 2.45. The van der Waals surface area contributed by atoms with Crippen molar-refractivity contribution in [3.05, 3.63) is 12.5 Å². The molecule has 0 saturated heterocycles. The molecule has 0 amide bonds. The summed E-state index contributed by atoms with van der Waals surface area (Å²) in [5, 5.41) is 0. The van der Waals surface area contributed by atoms with E-state index in [2.05, 4.69) is 25.0 Å². The van der Waals surface area contributed by atoms with Crippen molar-refractivity contribution in [1.29, 1.82) is 0 Å². The predicted molar refractivity (Wildman–Crippen MR) is 39.9 cm³/mol. The maximum absolute atomic E-state index is 12.2. The Labute approximate surface area is 74.7 Å². The van der Waals surface area contributed by atoms with Crippen LogP contribution in [0.15, 0.2) is 16.9 Å². The van der Waals surface area contributed by atoms with Crippen molar-refractivity contribution in [3.63, 3.8) is 0 Å². The quantitative estimate of drug-likeness (QED) is 0.593. The fraction of sp³-hybridized carbons (Fsp3) is 0.200. The van der Waals surface area contributed by atoms with Crippen molar-refractivity contribution in [2.75, 3.05) is 4.90 Å². The van der Waals surface area contributed by atoms with Gasteiger partial charge in [-0.05, 0) is 0 Å². The summed E-state index contributed by atoms with van der Waals surface area (Å²) in [5.74, 6) is 0. The molecule has 0 aliphatic heterocycles. The first-order valence-corrected chi connectivity index (χ1v) is 3.75. The van der Waals surface area contributed by atoms with Crippen LogP contribution in [0.2, 0.25) is 0 Å². The second kappa shape index (κ2) is 3.64. The average Bonchev–Trinajstić information content (AvgIpc) is 2.37. The number of hydrogen-bond donors (Lipinski definition) is 1. The zero-order chi connectivity index (χ0) is 9.14. The van der Waals surface area contributed by atoms with E-state index < -0.39 is 6.55 Å². The van der Waals surface area contributed by atoms with Gasteiger partial charge in [0, 0.05) is 0 Å². The number of nitrogens with zero attached hydrogens (tertiary/aromatic N) is 2. The van der Waals surface area contributed by atoms with E-state index in [0.29, 0.717) is 4.90 Å². The molecule has 1 aromatic rings. The van der Waals surface area contributed by atoms with Crippen LogP contribution in [0.1, 0.15) is 0 Å². The fourth-order valence-corrected chi connectivity index (χ4v) is 0.940. The number of hydrogen-bond acceptors (Lipinski definition) is 4. The van der Waals surface area contributed by atoms with Crippen molar-refractivity contribution in [3.8, 4) is 0 Å². The standard InChI is InChI=1S/C5H5F2N3OSe/c6-3(7)10(4(8)12)5-9-1-2-11-5/h1-3H,(H2,8,12). The van der Waals surface area contributed by atoms with Crippen LogP contribution in [0.5, 0.6) is 0 Å². The minimum absolute atomic E-state index is 0.188. The van der Waals surface area contributed by atoms with Crippen molar-refractivity contribution in [2.24, 2.45) is 5.73 Å². The first-order chi connectivity index (χ1) is 5.63. The van der Waals surface area contributed by atoms with E-state index in [9.17, 15) is 8.78 Å². The molecule has 1 heterocycles. The van der Waals surface area contributed by atoms with Gasteiger partial charge in [0.2, 0.25) is 0 Å². The van der Waals surface area contributed by atoms with Crippen LogP contribution in [0.3, 0.4) is 0 Å². The van der Waals surface area contributed by atoms with Crippen LogP contribution < -0.4 is 10.6 Å². The van der Waals surface area contributed by atoms with E-state index in [1.165, 1.54) is 12.5 Å². The molecule has 0 fully saturated rings. The predicted octanol–water partition coefficient (Wildman–Crippen LogP) is -0.0818. The van der Waals surface area contributed by atoms with Crippen LogP contribution in [-0.2, 0) is 0 Å². The van der Waals surface area contributed by atoms with Gasteiger partial charge in [-0.2, -0.15) is 0 Å². The topological polar surface area (TPSA) is 55.3 Å². The molecule has 1 aromatic heterocycles. The van der Waals surface area contributed by atoms with Gasteiger partial charge in [0.15, 0.2) is 0 Å². The van der Waals surface area contributed by atoms with Crippen LogP contribution in [0, 0.1) is 0 Å². The van der Waals surface area contributed by atoms with Gasteiger partial charge >= 0.3 is 74.1 Å². The fourth-order valence-electron chi connectivity index (χ4n) is 0.609. The molecule has 0 unspecified atom stereocenters. The number of rotatable bonds is 3. The Balaban J connectivity index is 2.88. The van der Waals surface area contributed by atoms with Gasteiger partial charge in [-0.3, -0.25) is 0 Å². The van der Waals surface area contributed by atoms with Gasteiger partial charge in [-0.1, -0.05) is 0 Å². The van der Waals surface area contributed by atoms with E-state index >= 15 is 0 Å². The second-order valence-corrected chi connectivity index (χ2v) is 2.68. The molecule has 2 N–H and O–H groups in total. The first-order valence-electron chi connectivity index (χ1n) is 2.89. The van der Waals surface area contributed by atoms with Gasteiger partial charge in [-0.25, -0.2) is 0 Å². The van der Waals surface area contributed by atoms with E-state index in [-0.39, 0.29) is 10.7 Å². The van der Waals surface area contributed by atoms with Crippen molar-refractivity contribution in [2.45, 2.75) is 6.55 Å². The molecule has 0 spiro atoms. The Morgan fingerprint density at radius 2 is 2.42 bits per heavy atom. The van der Waals surface area contributed by atoms with Gasteiger partial charge in [-0.15, -0.1) is 0 Å². The SMILES string of the molecule is NC(=[Se])N(c1ncco1)C(F)F. The molecule has 66 valence electrons. The Kier molecular flexibility index (Phi) is 2.78. The Morgan fingerprint density at radius 3 is 2.75 bits per heavy atom. The van der Waals surface area contributed by atoms with E-state index in [0.717, 1.165) is 0 Å². The third-order valence-electron chi connectivity index (χ3n) is 1.06. The molecular formula is C5H5F2N3OSe. The molecular weight excluding hydrogens is 235 g/mol. The summed E-state index contributed by atoms with van der Waals surface area (Å²) in [7, 11) is 0. The molecule has 4 nitrogen and oxygen atoms in total. The molecule has 0 atom stereocenters. The number of nitrogens with two attached hydrogens (primary N) is 1. The normalized spacial score (nSPS) is 10.2. The van der Waals surface area contributed by atoms with E-state index in [1.54, 1.807) is 0 Å². The number of anilines is 1. The van der Waals surface area contributed by atoms with Gasteiger partial charge in [0.1, 0.15) is 0 Å². The first kappa shape index (κ1) is 9.15. The average molecular weight is 240 g/mol. The minimum atomic E-state index is -2.77. The van der Waals surface area contributed by atoms with Gasteiger partial charge in [0.25, 0.3) is 0 Å². The summed E-state index contributed by atoms with van der Waals surface area (Å²) in [4.78, 5) is 3.96. The van der Waals surface area contributed by atoms with E-state index in [4.69, 9.17) is 5.73 Å². The van der Waals surface area contributed by atoms with Crippen molar-refractivity contribution < 1.29 is 13.2 Å². The summed E-state index contributed by atoms with van der Waals surface area (Å²) in [6.45, 7) is -2.77. The monoisotopic (exact) mass is 241 g/mol. The molecule has 1 rings (SSSR count). The Bertz CT molecular complexity index is 264. The van der Waals surface area contributed by atoms with E-state index in [1.807, 2.05) is 0 Å². The van der Waals surface area contributed by atoms with Crippen molar-refractivity contribution >= 4 is 26.3 Å². The third kappa shape index (κ3) is 1.80. The Morgan fingerprint density at radius 1 is 1.75 bits per heavy atom. The van der Waals surface area contributed by atoms with Gasteiger partial charge < -0.3 is 0 Å². The van der Waals surface area contributed by atoms with Crippen LogP contribution in [0.25, 0.3) is 0 Å². The van der Waals surface area contributed by atoms with Crippen LogP contribution >= 0.6 is 0 Å². The van der Waals surface area contributed by atoms with Crippen LogP contribution in [0.4, 0.5) is 14.8 Å². The Hall–Kier alpha value is -0.941. The molecule has 0 aliphatic carbocycles. The second-order valence-electron chi connectivity index (χ2n) is 1.80. The van der Waals surface area contributed by atoms with Crippen LogP contribution in [-0.4, -0.2) is 31.8 Å². The molecule has 0 saturated carbocycles. The summed E-state index contributed by atoms with van der Waals surface area (Å²) in [5.41, 5.74) is 5.14. The zero-order valence-electron chi connectivity index (χ0n) is 5.78. The number of oxazole rings is 1. The molecule has 0 radical (unpaired) electrons. The van der Waals surface area contributed by atoms with Crippen molar-refractivity contribution in [1.82, 2.24) is 4.98 Å². The maximum atomic E-state index is 12.2. The zero-order valence-corrected chi connectivity index (χ0v) is 7.49. The molecule has 7 heteroatoms. The molecule has 12 heavy (non-hydrogen) atoms. The van der Waals surface area contributed by atoms with Gasteiger partial charge in [0.05, 0.1) is 0 Å². The summed E-state index contributed by atoms with van der Waals surface area (Å²) < 4.78 is 28.9. The summed E-state index contributed by atoms with van der Waals surface area (Å²) >= 11 is 2.25. The number of aromatic nitrogens is 1. The molecule has 0 aromatic carbocycles. The third-order valence-corrected chi connectivity index (χ3v) is 1.47.